The van der Waals surface area contributed by atoms with E-state index < -0.39 is 16.2 Å². The average molecular weight is 405 g/mol. The molecule has 2 N–H and O–H groups in total. The molecule has 4 rings (SSSR count). The molecule has 2 aromatic carbocycles. The molecule has 3 amide bonds. The van der Waals surface area contributed by atoms with Crippen LogP contribution in [0.5, 0.6) is 0 Å². The third-order valence-electron chi connectivity index (χ3n) is 6.45. The molecule has 2 aromatic rings. The summed E-state index contributed by atoms with van der Waals surface area (Å²) in [7, 11) is 0. The van der Waals surface area contributed by atoms with Crippen molar-refractivity contribution in [1.29, 1.82) is 0 Å². The number of para-hydroxylation sites is 2. The minimum atomic E-state index is -0.864. The van der Waals surface area contributed by atoms with Gasteiger partial charge < -0.3 is 0 Å². The number of hydrogen-bond acceptors (Lipinski definition) is 4. The number of amides is 3. The Morgan fingerprint density at radius 1 is 0.800 bits per heavy atom. The molecular formula is C24H27N3O3. The minimum Gasteiger partial charge on any atom is -0.296 e. The summed E-state index contributed by atoms with van der Waals surface area (Å²) in [6, 6.07) is 19.2. The number of hydrogen-bond donors (Lipinski definition) is 2. The predicted octanol–water partition coefficient (Wildman–Crippen LogP) is 3.72. The molecule has 156 valence electrons. The van der Waals surface area contributed by atoms with Gasteiger partial charge in [0.15, 0.2) is 0 Å². The number of piperidine rings is 1. The second kappa shape index (κ2) is 6.97. The minimum absolute atomic E-state index is 0.199. The first-order valence-corrected chi connectivity index (χ1v) is 10.2. The summed E-state index contributed by atoms with van der Waals surface area (Å²) >= 11 is 0. The maximum atomic E-state index is 13.6. The number of imide groups is 1. The van der Waals surface area contributed by atoms with E-state index in [-0.39, 0.29) is 17.7 Å². The maximum Gasteiger partial charge on any atom is 0.244 e. The van der Waals surface area contributed by atoms with Gasteiger partial charge in [0.05, 0.1) is 16.8 Å². The third-order valence-corrected chi connectivity index (χ3v) is 6.45. The van der Waals surface area contributed by atoms with Crippen LogP contribution in [-0.2, 0) is 14.4 Å². The lowest BCUT2D eigenvalue weighted by Gasteiger charge is -2.53. The number of hydrazine groups is 1. The Balaban J connectivity index is 1.67. The topological polar surface area (TPSA) is 78.5 Å². The van der Waals surface area contributed by atoms with Gasteiger partial charge in [0.1, 0.15) is 0 Å². The summed E-state index contributed by atoms with van der Waals surface area (Å²) in [6.07, 6.45) is 1.24. The van der Waals surface area contributed by atoms with Gasteiger partial charge in [0, 0.05) is 10.8 Å². The predicted molar refractivity (Wildman–Crippen MR) is 114 cm³/mol. The molecule has 0 spiro atoms. The molecule has 0 radical (unpaired) electrons. The molecule has 2 aliphatic rings. The van der Waals surface area contributed by atoms with E-state index in [9.17, 15) is 14.4 Å². The molecule has 2 fully saturated rings. The normalized spacial score (nSPS) is 30.4. The molecule has 1 aliphatic heterocycles. The standard InChI is InChI=1S/C24H27N3O3/c1-22-14-23(2,20(29)25-19(22)28)16-24(3,15-22)21(30)26-27(17-10-6-4-7-11-17)18-12-8-5-9-13-18/h4-13H,14-16H2,1-3H3,(H,26,30)(H,25,28,29). The summed E-state index contributed by atoms with van der Waals surface area (Å²) < 4.78 is 0. The van der Waals surface area contributed by atoms with E-state index >= 15 is 0 Å². The molecule has 1 saturated heterocycles. The number of anilines is 2. The molecule has 1 saturated carbocycles. The van der Waals surface area contributed by atoms with E-state index in [1.54, 1.807) is 5.01 Å². The van der Waals surface area contributed by atoms with Crippen molar-refractivity contribution in [2.45, 2.75) is 40.0 Å². The van der Waals surface area contributed by atoms with Crippen LogP contribution >= 0.6 is 0 Å². The Kier molecular flexibility index (Phi) is 4.68. The van der Waals surface area contributed by atoms with Gasteiger partial charge in [-0.15, -0.1) is 0 Å². The smallest absolute Gasteiger partial charge is 0.244 e. The van der Waals surface area contributed by atoms with Crippen LogP contribution in [0.2, 0.25) is 0 Å². The van der Waals surface area contributed by atoms with Crippen LogP contribution < -0.4 is 15.8 Å². The number of benzene rings is 2. The quantitative estimate of drug-likeness (QED) is 0.600. The zero-order valence-corrected chi connectivity index (χ0v) is 17.6. The highest BCUT2D eigenvalue weighted by molar-refractivity contribution is 6.04. The van der Waals surface area contributed by atoms with E-state index in [1.807, 2.05) is 81.4 Å². The fraction of sp³-hybridized carbons (Fsp3) is 0.375. The van der Waals surface area contributed by atoms with Crippen LogP contribution in [0.25, 0.3) is 0 Å². The Labute approximate surface area is 176 Å². The molecular weight excluding hydrogens is 378 g/mol. The zero-order valence-electron chi connectivity index (χ0n) is 17.6. The summed E-state index contributed by atoms with van der Waals surface area (Å²) in [6.45, 7) is 5.56. The van der Waals surface area contributed by atoms with Gasteiger partial charge in [0.25, 0.3) is 0 Å². The van der Waals surface area contributed by atoms with Crippen molar-refractivity contribution in [1.82, 2.24) is 10.7 Å². The number of rotatable bonds is 4. The summed E-state index contributed by atoms with van der Waals surface area (Å²) in [5, 5.41) is 4.27. The summed E-state index contributed by atoms with van der Waals surface area (Å²) in [5.74, 6) is -0.770. The van der Waals surface area contributed by atoms with Crippen LogP contribution in [0.1, 0.15) is 40.0 Å². The Morgan fingerprint density at radius 3 is 1.67 bits per heavy atom. The van der Waals surface area contributed by atoms with Gasteiger partial charge in [-0.3, -0.25) is 30.1 Å². The van der Waals surface area contributed by atoms with Gasteiger partial charge >= 0.3 is 0 Å². The number of fused-ring (bicyclic) bond motifs is 2. The van der Waals surface area contributed by atoms with Crippen LogP contribution in [0, 0.1) is 16.2 Å². The fourth-order valence-corrected chi connectivity index (χ4v) is 5.33. The lowest BCUT2D eigenvalue weighted by atomic mass is 9.52. The van der Waals surface area contributed by atoms with Crippen LogP contribution in [0.15, 0.2) is 60.7 Å². The first-order chi connectivity index (χ1) is 14.2. The highest BCUT2D eigenvalue weighted by Crippen LogP contribution is 2.56. The first kappa shape index (κ1) is 20.1. The average Bonchev–Trinajstić information content (AvgIpc) is 2.71. The lowest BCUT2D eigenvalue weighted by Crippen LogP contribution is -2.64. The Morgan fingerprint density at radius 2 is 1.23 bits per heavy atom. The largest absolute Gasteiger partial charge is 0.296 e. The number of nitrogens with zero attached hydrogens (tertiary/aromatic N) is 1. The monoisotopic (exact) mass is 405 g/mol. The third kappa shape index (κ3) is 3.36. The number of carbonyl (C=O) groups is 3. The number of nitrogens with one attached hydrogen (secondary N) is 2. The zero-order chi connectivity index (χ0) is 21.6. The molecule has 6 nitrogen and oxygen atoms in total. The fourth-order valence-electron chi connectivity index (χ4n) is 5.33. The van der Waals surface area contributed by atoms with Gasteiger partial charge in [-0.25, -0.2) is 0 Å². The van der Waals surface area contributed by atoms with Crippen molar-refractivity contribution in [3.05, 3.63) is 60.7 Å². The van der Waals surface area contributed by atoms with Crippen LogP contribution in [0.4, 0.5) is 11.4 Å². The van der Waals surface area contributed by atoms with Crippen molar-refractivity contribution >= 4 is 29.1 Å². The highest BCUT2D eigenvalue weighted by atomic mass is 16.2. The second-order valence-corrected chi connectivity index (χ2v) is 9.44. The molecule has 30 heavy (non-hydrogen) atoms. The summed E-state index contributed by atoms with van der Waals surface area (Å²) in [5.41, 5.74) is 2.34. The van der Waals surface area contributed by atoms with Crippen molar-refractivity contribution in [3.63, 3.8) is 0 Å². The van der Waals surface area contributed by atoms with Crippen LogP contribution in [-0.4, -0.2) is 17.7 Å². The lowest BCUT2D eigenvalue weighted by molar-refractivity contribution is -0.164. The summed E-state index contributed by atoms with van der Waals surface area (Å²) in [4.78, 5) is 38.8. The highest BCUT2D eigenvalue weighted by Gasteiger charge is 2.61. The van der Waals surface area contributed by atoms with Gasteiger partial charge in [-0.2, -0.15) is 0 Å². The Bertz CT molecular complexity index is 924. The first-order valence-electron chi connectivity index (χ1n) is 10.2. The molecule has 0 aromatic heterocycles. The van der Waals surface area contributed by atoms with Crippen molar-refractivity contribution in [2.24, 2.45) is 16.2 Å². The molecule has 2 unspecified atom stereocenters. The number of carbonyl (C=O) groups excluding carboxylic acids is 3. The van der Waals surface area contributed by atoms with Crippen LogP contribution in [0.3, 0.4) is 0 Å². The maximum absolute atomic E-state index is 13.6. The van der Waals surface area contributed by atoms with Crippen molar-refractivity contribution in [2.75, 3.05) is 5.01 Å². The van der Waals surface area contributed by atoms with E-state index in [4.69, 9.17) is 0 Å². The molecule has 1 aliphatic carbocycles. The van der Waals surface area contributed by atoms with E-state index in [0.29, 0.717) is 19.3 Å². The van der Waals surface area contributed by atoms with E-state index in [0.717, 1.165) is 11.4 Å². The van der Waals surface area contributed by atoms with Gasteiger partial charge in [-0.1, -0.05) is 57.2 Å². The van der Waals surface area contributed by atoms with E-state index in [1.165, 1.54) is 0 Å². The molecule has 6 heteroatoms. The van der Waals surface area contributed by atoms with Gasteiger partial charge in [0.2, 0.25) is 17.7 Å². The SMILES string of the molecule is CC12CC(C)(CC(C)(C(=O)NN(c3ccccc3)c3ccccc3)C1)C(=O)NC2=O. The molecule has 1 heterocycles. The van der Waals surface area contributed by atoms with E-state index in [2.05, 4.69) is 10.7 Å². The Hall–Kier alpha value is -3.15. The molecule has 2 bridgehead atoms. The van der Waals surface area contributed by atoms with Crippen molar-refractivity contribution < 1.29 is 14.4 Å². The second-order valence-electron chi connectivity index (χ2n) is 9.44. The van der Waals surface area contributed by atoms with Gasteiger partial charge in [-0.05, 0) is 43.5 Å². The van der Waals surface area contributed by atoms with Crippen molar-refractivity contribution in [3.8, 4) is 0 Å². The molecule has 2 atom stereocenters.